The van der Waals surface area contributed by atoms with Gasteiger partial charge in [-0.25, -0.2) is 25.9 Å². The fourth-order valence-corrected chi connectivity index (χ4v) is 5.27. The maximum absolute atomic E-state index is 13.5. The standard InChI is InChI=1S/C12H15FN2O4S2/c1-7-5-10(13)11(14)8(2)12(7)21(18,19)15-9-3-4-20(16,17)6-9/h3-5,9,15H,6,14H2,1-2H3. The zero-order chi connectivity index (χ0) is 16.0. The third-order valence-electron chi connectivity index (χ3n) is 3.21. The maximum atomic E-state index is 13.5. The molecular weight excluding hydrogens is 319 g/mol. The Morgan fingerprint density at radius 3 is 2.52 bits per heavy atom. The quantitative estimate of drug-likeness (QED) is 0.788. The van der Waals surface area contributed by atoms with Crippen LogP contribution in [0.25, 0.3) is 0 Å². The van der Waals surface area contributed by atoms with Gasteiger partial charge in [-0.2, -0.15) is 0 Å². The van der Waals surface area contributed by atoms with Gasteiger partial charge < -0.3 is 5.73 Å². The fraction of sp³-hybridized carbons (Fsp3) is 0.333. The number of hydrogen-bond acceptors (Lipinski definition) is 5. The Labute approximate surface area is 122 Å². The van der Waals surface area contributed by atoms with Crippen molar-refractivity contribution in [1.29, 1.82) is 0 Å². The van der Waals surface area contributed by atoms with E-state index in [9.17, 15) is 21.2 Å². The van der Waals surface area contributed by atoms with Crippen LogP contribution in [0.2, 0.25) is 0 Å². The molecule has 1 aromatic rings. The SMILES string of the molecule is Cc1cc(F)c(N)c(C)c1S(=O)(=O)NC1C=CS(=O)(=O)C1. The van der Waals surface area contributed by atoms with Gasteiger partial charge in [0.05, 0.1) is 22.4 Å². The number of halogens is 1. The molecule has 116 valence electrons. The molecule has 0 amide bonds. The first-order chi connectivity index (χ1) is 9.53. The van der Waals surface area contributed by atoms with Gasteiger partial charge in [0.1, 0.15) is 5.82 Å². The van der Waals surface area contributed by atoms with Crippen LogP contribution in [0.15, 0.2) is 22.4 Å². The van der Waals surface area contributed by atoms with E-state index in [1.54, 1.807) is 0 Å². The van der Waals surface area contributed by atoms with Crippen LogP contribution in [-0.2, 0) is 19.9 Å². The van der Waals surface area contributed by atoms with Crippen molar-refractivity contribution in [3.63, 3.8) is 0 Å². The molecule has 3 N–H and O–H groups in total. The van der Waals surface area contributed by atoms with Crippen molar-refractivity contribution >= 4 is 25.5 Å². The van der Waals surface area contributed by atoms with E-state index in [0.29, 0.717) is 0 Å². The molecule has 0 bridgehead atoms. The van der Waals surface area contributed by atoms with Gasteiger partial charge in [0, 0.05) is 5.41 Å². The highest BCUT2D eigenvalue weighted by atomic mass is 32.2. The van der Waals surface area contributed by atoms with Crippen LogP contribution in [0.3, 0.4) is 0 Å². The molecule has 21 heavy (non-hydrogen) atoms. The van der Waals surface area contributed by atoms with E-state index in [-0.39, 0.29) is 27.5 Å². The molecule has 1 aromatic carbocycles. The summed E-state index contributed by atoms with van der Waals surface area (Å²) in [5.41, 5.74) is 5.59. The van der Waals surface area contributed by atoms with Gasteiger partial charge in [0.25, 0.3) is 0 Å². The molecule has 1 heterocycles. The molecule has 0 spiro atoms. The molecule has 1 unspecified atom stereocenters. The van der Waals surface area contributed by atoms with Crippen molar-refractivity contribution in [2.45, 2.75) is 24.8 Å². The number of sulfone groups is 1. The first-order valence-electron chi connectivity index (χ1n) is 6.02. The van der Waals surface area contributed by atoms with Crippen molar-refractivity contribution in [2.75, 3.05) is 11.5 Å². The minimum atomic E-state index is -4.01. The number of nitrogens with one attached hydrogen (secondary N) is 1. The Hall–Kier alpha value is -1.45. The van der Waals surface area contributed by atoms with Crippen LogP contribution in [-0.4, -0.2) is 28.6 Å². The molecule has 0 fully saturated rings. The van der Waals surface area contributed by atoms with Crippen LogP contribution < -0.4 is 10.5 Å². The van der Waals surface area contributed by atoms with Crippen molar-refractivity contribution in [3.8, 4) is 0 Å². The van der Waals surface area contributed by atoms with E-state index < -0.39 is 31.7 Å². The predicted octanol–water partition coefficient (Wildman–Crippen LogP) is 0.614. The Kier molecular flexibility index (Phi) is 3.85. The lowest BCUT2D eigenvalue weighted by molar-refractivity contribution is 0.572. The molecule has 6 nitrogen and oxygen atoms in total. The molecule has 1 aliphatic heterocycles. The summed E-state index contributed by atoms with van der Waals surface area (Å²) in [6, 6.07) is 0.197. The fourth-order valence-electron chi connectivity index (χ4n) is 2.25. The number of benzene rings is 1. The van der Waals surface area contributed by atoms with Gasteiger partial charge in [-0.05, 0) is 31.0 Å². The normalized spacial score (nSPS) is 20.8. The number of sulfonamides is 1. The average molecular weight is 334 g/mol. The van der Waals surface area contributed by atoms with Crippen molar-refractivity contribution in [3.05, 3.63) is 34.5 Å². The van der Waals surface area contributed by atoms with E-state index in [1.807, 2.05) is 0 Å². The molecule has 0 aliphatic carbocycles. The van der Waals surface area contributed by atoms with Crippen molar-refractivity contribution in [2.24, 2.45) is 0 Å². The highest BCUT2D eigenvalue weighted by Gasteiger charge is 2.29. The summed E-state index contributed by atoms with van der Waals surface area (Å²) in [5.74, 6) is -1.02. The molecule has 0 saturated carbocycles. The molecule has 2 rings (SSSR count). The van der Waals surface area contributed by atoms with Crippen LogP contribution in [0, 0.1) is 19.7 Å². The topological polar surface area (TPSA) is 106 Å². The summed E-state index contributed by atoms with van der Waals surface area (Å²) in [7, 11) is -7.38. The molecule has 0 aromatic heterocycles. The zero-order valence-electron chi connectivity index (χ0n) is 11.4. The van der Waals surface area contributed by atoms with E-state index in [0.717, 1.165) is 11.5 Å². The zero-order valence-corrected chi connectivity index (χ0v) is 13.1. The van der Waals surface area contributed by atoms with Crippen molar-refractivity contribution in [1.82, 2.24) is 4.72 Å². The number of aryl methyl sites for hydroxylation is 1. The van der Waals surface area contributed by atoms with Crippen LogP contribution >= 0.6 is 0 Å². The minimum absolute atomic E-state index is 0.102. The molecular formula is C12H15FN2O4S2. The highest BCUT2D eigenvalue weighted by molar-refractivity contribution is 7.94. The third-order valence-corrected chi connectivity index (χ3v) is 6.38. The van der Waals surface area contributed by atoms with Crippen LogP contribution in [0.1, 0.15) is 11.1 Å². The van der Waals surface area contributed by atoms with Gasteiger partial charge in [0.15, 0.2) is 9.84 Å². The number of nitrogens with two attached hydrogens (primary N) is 1. The van der Waals surface area contributed by atoms with Gasteiger partial charge in [-0.15, -0.1) is 0 Å². The highest BCUT2D eigenvalue weighted by Crippen LogP contribution is 2.28. The van der Waals surface area contributed by atoms with Gasteiger partial charge in [-0.3, -0.25) is 0 Å². The second-order valence-electron chi connectivity index (χ2n) is 4.93. The lowest BCUT2D eigenvalue weighted by atomic mass is 10.1. The van der Waals surface area contributed by atoms with Crippen LogP contribution in [0.4, 0.5) is 10.1 Å². The predicted molar refractivity (Wildman–Crippen MR) is 77.3 cm³/mol. The van der Waals surface area contributed by atoms with Gasteiger partial charge in [0.2, 0.25) is 10.0 Å². The van der Waals surface area contributed by atoms with E-state index in [2.05, 4.69) is 4.72 Å². The summed E-state index contributed by atoms with van der Waals surface area (Å²) in [6.07, 6.45) is 1.27. The number of nitrogen functional groups attached to an aromatic ring is 1. The number of hydrogen-bond donors (Lipinski definition) is 2. The first-order valence-corrected chi connectivity index (χ1v) is 9.22. The Balaban J connectivity index is 2.42. The van der Waals surface area contributed by atoms with E-state index >= 15 is 0 Å². The summed E-state index contributed by atoms with van der Waals surface area (Å²) in [4.78, 5) is -0.126. The number of anilines is 1. The van der Waals surface area contributed by atoms with Crippen molar-refractivity contribution < 1.29 is 21.2 Å². The first kappa shape index (κ1) is 15.9. The van der Waals surface area contributed by atoms with Gasteiger partial charge in [-0.1, -0.05) is 6.08 Å². The summed E-state index contributed by atoms with van der Waals surface area (Å²) >= 11 is 0. The summed E-state index contributed by atoms with van der Waals surface area (Å²) in [6.45, 7) is 2.85. The maximum Gasteiger partial charge on any atom is 0.241 e. The average Bonchev–Trinajstić information content (AvgIpc) is 2.64. The Morgan fingerprint density at radius 1 is 1.38 bits per heavy atom. The summed E-state index contributed by atoms with van der Waals surface area (Å²) < 4.78 is 63.2. The molecule has 0 saturated heterocycles. The summed E-state index contributed by atoms with van der Waals surface area (Å²) in [5, 5.41) is 0.971. The lowest BCUT2D eigenvalue weighted by Gasteiger charge is -2.16. The second kappa shape index (κ2) is 5.08. The third kappa shape index (κ3) is 3.09. The van der Waals surface area contributed by atoms with E-state index in [1.165, 1.54) is 19.9 Å². The second-order valence-corrected chi connectivity index (χ2v) is 8.51. The number of rotatable bonds is 3. The Bertz CT molecular complexity index is 829. The van der Waals surface area contributed by atoms with Gasteiger partial charge >= 0.3 is 0 Å². The molecule has 9 heteroatoms. The monoisotopic (exact) mass is 334 g/mol. The Morgan fingerprint density at radius 2 is 2.00 bits per heavy atom. The van der Waals surface area contributed by atoms with E-state index in [4.69, 9.17) is 5.73 Å². The molecule has 1 aliphatic rings. The van der Waals surface area contributed by atoms with Crippen LogP contribution in [0.5, 0.6) is 0 Å². The molecule has 0 radical (unpaired) electrons. The minimum Gasteiger partial charge on any atom is -0.396 e. The smallest absolute Gasteiger partial charge is 0.241 e. The lowest BCUT2D eigenvalue weighted by Crippen LogP contribution is -2.36. The largest absolute Gasteiger partial charge is 0.396 e. The molecule has 1 atom stereocenters.